The lowest BCUT2D eigenvalue weighted by Crippen LogP contribution is -1.95. The molecule has 0 unspecified atom stereocenters. The van der Waals surface area contributed by atoms with Crippen molar-refractivity contribution in [3.63, 3.8) is 0 Å². The largest absolute Gasteiger partial charge is 0.325 e. The molecule has 0 atom stereocenters. The number of hydrogen-bond donors (Lipinski definition) is 2. The van der Waals surface area contributed by atoms with E-state index in [2.05, 4.69) is 26.1 Å². The Bertz CT molecular complexity index is 481. The second-order valence-corrected chi connectivity index (χ2v) is 3.96. The van der Waals surface area contributed by atoms with E-state index in [4.69, 9.17) is 5.73 Å². The number of nitrogens with two attached hydrogens (primary N) is 1. The Morgan fingerprint density at radius 2 is 2.20 bits per heavy atom. The maximum atomic E-state index is 12.9. The molecule has 1 aromatic heterocycles. The summed E-state index contributed by atoms with van der Waals surface area (Å²) in [6, 6.07) is 6.33. The highest BCUT2D eigenvalue weighted by Gasteiger charge is 2.07. The molecule has 1 aromatic carbocycles. The first-order valence-electron chi connectivity index (χ1n) is 4.40. The van der Waals surface area contributed by atoms with E-state index in [0.717, 1.165) is 17.0 Å². The van der Waals surface area contributed by atoms with Gasteiger partial charge in [0.1, 0.15) is 5.82 Å². The van der Waals surface area contributed by atoms with Gasteiger partial charge in [-0.05, 0) is 40.2 Å². The van der Waals surface area contributed by atoms with Crippen LogP contribution in [0.4, 0.5) is 4.39 Å². The van der Waals surface area contributed by atoms with Crippen LogP contribution in [0.5, 0.6) is 0 Å². The number of aromatic amines is 1. The third-order valence-electron chi connectivity index (χ3n) is 2.06. The molecule has 0 saturated heterocycles. The molecule has 78 valence electrons. The van der Waals surface area contributed by atoms with E-state index in [1.165, 1.54) is 12.1 Å². The fraction of sp³-hybridized carbons (Fsp3) is 0.100. The van der Waals surface area contributed by atoms with Crippen LogP contribution >= 0.6 is 15.9 Å². The van der Waals surface area contributed by atoms with Crippen LogP contribution in [0.2, 0.25) is 0 Å². The van der Waals surface area contributed by atoms with Crippen LogP contribution in [0.25, 0.3) is 11.3 Å². The van der Waals surface area contributed by atoms with Gasteiger partial charge in [0, 0.05) is 22.3 Å². The summed E-state index contributed by atoms with van der Waals surface area (Å²) in [5.74, 6) is -0.278. The second kappa shape index (κ2) is 4.12. The van der Waals surface area contributed by atoms with Gasteiger partial charge in [0.05, 0.1) is 5.69 Å². The Morgan fingerprint density at radius 1 is 1.40 bits per heavy atom. The minimum absolute atomic E-state index is 0.278. The van der Waals surface area contributed by atoms with Crippen molar-refractivity contribution in [2.45, 2.75) is 6.54 Å². The summed E-state index contributed by atoms with van der Waals surface area (Å²) in [6.45, 7) is 0.409. The van der Waals surface area contributed by atoms with Crippen LogP contribution in [0, 0.1) is 5.82 Å². The maximum Gasteiger partial charge on any atom is 0.124 e. The molecule has 0 aliphatic rings. The van der Waals surface area contributed by atoms with Gasteiger partial charge in [0.2, 0.25) is 0 Å². The zero-order chi connectivity index (χ0) is 10.8. The van der Waals surface area contributed by atoms with Crippen molar-refractivity contribution in [2.24, 2.45) is 5.73 Å². The Morgan fingerprint density at radius 3 is 2.80 bits per heavy atom. The SMILES string of the molecule is NCc1cc(-c2ccc(F)cc2Br)n[nH]1. The van der Waals surface area contributed by atoms with Gasteiger partial charge in [-0.2, -0.15) is 5.10 Å². The standard InChI is InChI=1S/C10H9BrFN3/c11-9-3-6(12)1-2-8(9)10-4-7(5-13)14-15-10/h1-4H,5,13H2,(H,14,15). The van der Waals surface area contributed by atoms with Crippen LogP contribution in [-0.2, 0) is 6.54 Å². The Labute approximate surface area is 94.6 Å². The number of rotatable bonds is 2. The van der Waals surface area contributed by atoms with Gasteiger partial charge >= 0.3 is 0 Å². The van der Waals surface area contributed by atoms with E-state index in [-0.39, 0.29) is 5.82 Å². The number of nitrogens with zero attached hydrogens (tertiary/aromatic N) is 1. The quantitative estimate of drug-likeness (QED) is 0.880. The molecular formula is C10H9BrFN3. The molecule has 5 heteroatoms. The van der Waals surface area contributed by atoms with Crippen LogP contribution < -0.4 is 5.73 Å². The number of nitrogens with one attached hydrogen (secondary N) is 1. The Hall–Kier alpha value is -1.20. The fourth-order valence-corrected chi connectivity index (χ4v) is 1.86. The van der Waals surface area contributed by atoms with E-state index >= 15 is 0 Å². The lowest BCUT2D eigenvalue weighted by atomic mass is 10.1. The molecular weight excluding hydrogens is 261 g/mol. The molecule has 0 amide bonds. The summed E-state index contributed by atoms with van der Waals surface area (Å²) in [7, 11) is 0. The molecule has 15 heavy (non-hydrogen) atoms. The van der Waals surface area contributed by atoms with Crippen molar-refractivity contribution in [3.8, 4) is 11.3 Å². The topological polar surface area (TPSA) is 54.7 Å². The number of halogens is 2. The number of H-pyrrole nitrogens is 1. The molecule has 1 heterocycles. The van der Waals surface area contributed by atoms with Crippen LogP contribution in [0.3, 0.4) is 0 Å². The smallest absolute Gasteiger partial charge is 0.124 e. The molecule has 0 fully saturated rings. The zero-order valence-electron chi connectivity index (χ0n) is 7.80. The third-order valence-corrected chi connectivity index (χ3v) is 2.71. The maximum absolute atomic E-state index is 12.9. The Kier molecular flexibility index (Phi) is 2.83. The van der Waals surface area contributed by atoms with E-state index in [1.807, 2.05) is 6.07 Å². The van der Waals surface area contributed by atoms with E-state index in [9.17, 15) is 4.39 Å². The highest BCUT2D eigenvalue weighted by atomic mass is 79.9. The number of hydrogen-bond acceptors (Lipinski definition) is 2. The predicted octanol–water partition coefficient (Wildman–Crippen LogP) is 2.44. The number of benzene rings is 1. The molecule has 0 spiro atoms. The summed E-state index contributed by atoms with van der Waals surface area (Å²) >= 11 is 3.29. The van der Waals surface area contributed by atoms with Crippen molar-refractivity contribution in [2.75, 3.05) is 0 Å². The van der Waals surface area contributed by atoms with Crippen molar-refractivity contribution in [3.05, 3.63) is 40.2 Å². The average Bonchev–Trinajstić information content (AvgIpc) is 2.66. The first kappa shape index (κ1) is 10.3. The summed E-state index contributed by atoms with van der Waals surface area (Å²) in [5.41, 5.74) is 7.90. The van der Waals surface area contributed by atoms with Gasteiger partial charge < -0.3 is 5.73 Å². The third kappa shape index (κ3) is 2.08. The molecule has 0 radical (unpaired) electrons. The molecule has 0 aliphatic carbocycles. The van der Waals surface area contributed by atoms with Crippen molar-refractivity contribution in [1.82, 2.24) is 10.2 Å². The van der Waals surface area contributed by atoms with E-state index < -0.39 is 0 Å². The van der Waals surface area contributed by atoms with Crippen molar-refractivity contribution in [1.29, 1.82) is 0 Å². The number of aromatic nitrogens is 2. The summed E-state index contributed by atoms with van der Waals surface area (Å²) in [6.07, 6.45) is 0. The second-order valence-electron chi connectivity index (χ2n) is 3.11. The fourth-order valence-electron chi connectivity index (χ4n) is 1.30. The summed E-state index contributed by atoms with van der Waals surface area (Å²) in [4.78, 5) is 0. The first-order valence-corrected chi connectivity index (χ1v) is 5.20. The van der Waals surface area contributed by atoms with Gasteiger partial charge in [-0.1, -0.05) is 0 Å². The van der Waals surface area contributed by atoms with Gasteiger partial charge in [0.25, 0.3) is 0 Å². The molecule has 3 nitrogen and oxygen atoms in total. The minimum Gasteiger partial charge on any atom is -0.325 e. The van der Waals surface area contributed by atoms with Crippen LogP contribution in [0.1, 0.15) is 5.69 Å². The molecule has 3 N–H and O–H groups in total. The molecule has 0 saturated carbocycles. The van der Waals surface area contributed by atoms with Gasteiger partial charge in [0.15, 0.2) is 0 Å². The zero-order valence-corrected chi connectivity index (χ0v) is 9.38. The van der Waals surface area contributed by atoms with Gasteiger partial charge in [-0.25, -0.2) is 4.39 Å². The first-order chi connectivity index (χ1) is 7.20. The molecule has 2 aromatic rings. The van der Waals surface area contributed by atoms with E-state index in [0.29, 0.717) is 11.0 Å². The van der Waals surface area contributed by atoms with Crippen LogP contribution in [0.15, 0.2) is 28.7 Å². The van der Waals surface area contributed by atoms with E-state index in [1.54, 1.807) is 6.07 Å². The predicted molar refractivity (Wildman–Crippen MR) is 59.6 cm³/mol. The van der Waals surface area contributed by atoms with Crippen LogP contribution in [-0.4, -0.2) is 10.2 Å². The molecule has 0 aliphatic heterocycles. The lowest BCUT2D eigenvalue weighted by Gasteiger charge is -1.99. The van der Waals surface area contributed by atoms with Crippen molar-refractivity contribution >= 4 is 15.9 Å². The highest BCUT2D eigenvalue weighted by Crippen LogP contribution is 2.27. The monoisotopic (exact) mass is 269 g/mol. The average molecular weight is 270 g/mol. The minimum atomic E-state index is -0.278. The van der Waals surface area contributed by atoms with Crippen molar-refractivity contribution < 1.29 is 4.39 Å². The summed E-state index contributed by atoms with van der Waals surface area (Å²) in [5, 5.41) is 6.90. The summed E-state index contributed by atoms with van der Waals surface area (Å²) < 4.78 is 13.5. The van der Waals surface area contributed by atoms with Gasteiger partial charge in [-0.3, -0.25) is 5.10 Å². The lowest BCUT2D eigenvalue weighted by molar-refractivity contribution is 0.627. The Balaban J connectivity index is 2.44. The van der Waals surface area contributed by atoms with Gasteiger partial charge in [-0.15, -0.1) is 0 Å². The normalized spacial score (nSPS) is 10.6. The highest BCUT2D eigenvalue weighted by molar-refractivity contribution is 9.10. The molecule has 2 rings (SSSR count). The molecule has 0 bridgehead atoms.